The predicted octanol–water partition coefficient (Wildman–Crippen LogP) is 11.3. The smallest absolute Gasteiger partial charge is 0.306 e. The molecule has 0 N–H and O–H groups in total. The minimum atomic E-state index is -0.256. The molecule has 2 nitrogen and oxygen atoms in total. The highest BCUT2D eigenvalue weighted by Crippen LogP contribution is 2.41. The zero-order chi connectivity index (χ0) is 26.1. The largest absolute Gasteiger partial charge is 0.453 e. The number of unbranched alkanes of at least 4 members (excludes halogenated alkanes) is 15. The number of rotatable bonds is 20. The third-order valence-corrected chi connectivity index (χ3v) is 7.98. The van der Waals surface area contributed by atoms with Crippen LogP contribution in [0.3, 0.4) is 0 Å². The van der Waals surface area contributed by atoms with Gasteiger partial charge < -0.3 is 4.74 Å². The Balaban J connectivity index is 1.50. The third-order valence-electron chi connectivity index (χ3n) is 7.98. The highest BCUT2D eigenvalue weighted by atomic mass is 16.5. The van der Waals surface area contributed by atoms with E-state index in [0.717, 1.165) is 24.8 Å². The summed E-state index contributed by atoms with van der Waals surface area (Å²) in [4.78, 5) is 12.8. The Morgan fingerprint density at radius 1 is 0.676 bits per heavy atom. The average Bonchev–Trinajstić information content (AvgIpc) is 2.91. The van der Waals surface area contributed by atoms with Crippen LogP contribution in [0.2, 0.25) is 0 Å². The Labute approximate surface area is 227 Å². The molecule has 0 amide bonds. The molecule has 0 saturated carbocycles. The van der Waals surface area contributed by atoms with E-state index in [1.807, 2.05) is 0 Å². The van der Waals surface area contributed by atoms with Crippen molar-refractivity contribution in [1.82, 2.24) is 0 Å². The molecule has 2 aromatic rings. The summed E-state index contributed by atoms with van der Waals surface area (Å²) in [7, 11) is 0. The molecule has 37 heavy (non-hydrogen) atoms. The van der Waals surface area contributed by atoms with Gasteiger partial charge in [-0.15, -0.1) is 0 Å². The molecule has 1 aliphatic carbocycles. The summed E-state index contributed by atoms with van der Waals surface area (Å²) in [5.74, 6) is -0.0514. The molecule has 1 aliphatic rings. The van der Waals surface area contributed by atoms with Crippen LogP contribution in [-0.4, -0.2) is 5.97 Å². The molecule has 3 rings (SSSR count). The van der Waals surface area contributed by atoms with Crippen LogP contribution in [0.4, 0.5) is 0 Å². The lowest BCUT2D eigenvalue weighted by molar-refractivity contribution is -0.147. The van der Waals surface area contributed by atoms with E-state index in [9.17, 15) is 4.79 Å². The van der Waals surface area contributed by atoms with Crippen molar-refractivity contribution in [3.05, 3.63) is 53.6 Å². The van der Waals surface area contributed by atoms with Crippen LogP contribution in [0.15, 0.2) is 42.5 Å². The summed E-state index contributed by atoms with van der Waals surface area (Å²) in [6.07, 6.45) is 25.6. The van der Waals surface area contributed by atoms with Gasteiger partial charge in [0.15, 0.2) is 0 Å². The lowest BCUT2D eigenvalue weighted by atomic mass is 9.84. The van der Waals surface area contributed by atoms with Crippen molar-refractivity contribution in [2.24, 2.45) is 0 Å². The number of hydrogen-bond acceptors (Lipinski definition) is 2. The first-order valence-electron chi connectivity index (χ1n) is 15.7. The van der Waals surface area contributed by atoms with Gasteiger partial charge in [0.05, 0.1) is 0 Å². The third kappa shape index (κ3) is 9.95. The van der Waals surface area contributed by atoms with Crippen LogP contribution in [0, 0.1) is 0 Å². The maximum Gasteiger partial charge on any atom is 0.306 e. The van der Waals surface area contributed by atoms with Crippen molar-refractivity contribution in [2.45, 2.75) is 142 Å². The molecule has 0 radical (unpaired) electrons. The molecule has 2 aromatic carbocycles. The lowest BCUT2D eigenvalue weighted by Crippen LogP contribution is -2.13. The van der Waals surface area contributed by atoms with E-state index in [-0.39, 0.29) is 12.1 Å². The van der Waals surface area contributed by atoms with E-state index in [0.29, 0.717) is 6.42 Å². The number of esters is 1. The average molecular weight is 505 g/mol. The number of carbonyl (C=O) groups is 1. The van der Waals surface area contributed by atoms with Gasteiger partial charge in [0, 0.05) is 12.0 Å². The van der Waals surface area contributed by atoms with Gasteiger partial charge in [-0.25, -0.2) is 0 Å². The molecule has 0 heterocycles. The van der Waals surface area contributed by atoms with Crippen molar-refractivity contribution in [1.29, 1.82) is 0 Å². The normalized spacial score (nSPS) is 14.6. The van der Waals surface area contributed by atoms with Crippen LogP contribution < -0.4 is 0 Å². The molecule has 1 unspecified atom stereocenters. The zero-order valence-corrected chi connectivity index (χ0v) is 23.9. The van der Waals surface area contributed by atoms with Crippen molar-refractivity contribution in [3.8, 4) is 0 Å². The van der Waals surface area contributed by atoms with Crippen molar-refractivity contribution >= 4 is 22.3 Å². The Bertz CT molecular complexity index is 952. The maximum absolute atomic E-state index is 12.8. The second-order valence-electron chi connectivity index (χ2n) is 11.2. The Morgan fingerprint density at radius 3 is 1.84 bits per heavy atom. The first-order chi connectivity index (χ1) is 18.2. The lowest BCUT2D eigenvalue weighted by Gasteiger charge is -2.25. The first kappa shape index (κ1) is 29.5. The summed E-state index contributed by atoms with van der Waals surface area (Å²) in [5.41, 5.74) is 3.84. The van der Waals surface area contributed by atoms with E-state index in [1.54, 1.807) is 0 Å². The van der Waals surface area contributed by atoms with E-state index in [2.05, 4.69) is 56.3 Å². The number of hydrogen-bond donors (Lipinski definition) is 0. The van der Waals surface area contributed by atoms with Crippen molar-refractivity contribution in [2.75, 3.05) is 0 Å². The fourth-order valence-corrected chi connectivity index (χ4v) is 5.78. The molecule has 0 spiro atoms. The minimum absolute atomic E-state index is 0.0514. The van der Waals surface area contributed by atoms with Crippen LogP contribution in [-0.2, 0) is 9.53 Å². The number of benzene rings is 2. The highest BCUT2D eigenvalue weighted by molar-refractivity contribution is 5.98. The monoisotopic (exact) mass is 504 g/mol. The number of allylic oxidation sites excluding steroid dienone is 1. The first-order valence-corrected chi connectivity index (χ1v) is 15.7. The van der Waals surface area contributed by atoms with Crippen molar-refractivity contribution in [3.63, 3.8) is 0 Å². The predicted molar refractivity (Wildman–Crippen MR) is 160 cm³/mol. The van der Waals surface area contributed by atoms with Crippen LogP contribution in [0.1, 0.15) is 153 Å². The van der Waals surface area contributed by atoms with Crippen LogP contribution >= 0.6 is 0 Å². The molecule has 0 aromatic heterocycles. The molecular weight excluding hydrogens is 452 g/mol. The van der Waals surface area contributed by atoms with E-state index < -0.39 is 0 Å². The fraction of sp³-hybridized carbons (Fsp3) is 0.629. The van der Waals surface area contributed by atoms with Gasteiger partial charge in [-0.3, -0.25) is 4.79 Å². The Hall–Kier alpha value is -2.09. The molecule has 0 aliphatic heterocycles. The van der Waals surface area contributed by atoms with Gasteiger partial charge in [0.1, 0.15) is 6.10 Å². The standard InChI is InChI=1S/C35H52O2/c1-3-5-7-9-11-12-13-15-16-18-22-30-28-33(37-34(36)27-19-17-14-10-8-6-4-2)32-26-21-24-29-23-20-25-31(30)35(29)32/h20-21,23-26,28,33H,3-19,22,27H2,1-2H3. The topological polar surface area (TPSA) is 26.3 Å². The van der Waals surface area contributed by atoms with Gasteiger partial charge in [0.25, 0.3) is 0 Å². The summed E-state index contributed by atoms with van der Waals surface area (Å²) < 4.78 is 6.10. The van der Waals surface area contributed by atoms with Gasteiger partial charge in [-0.1, -0.05) is 147 Å². The van der Waals surface area contributed by atoms with Gasteiger partial charge in [0.2, 0.25) is 0 Å². The molecule has 204 valence electrons. The molecular formula is C35H52O2. The van der Waals surface area contributed by atoms with Crippen LogP contribution in [0.5, 0.6) is 0 Å². The second-order valence-corrected chi connectivity index (χ2v) is 11.2. The summed E-state index contributed by atoms with van der Waals surface area (Å²) >= 11 is 0. The Morgan fingerprint density at radius 2 is 1.22 bits per heavy atom. The van der Waals surface area contributed by atoms with Crippen molar-refractivity contribution < 1.29 is 9.53 Å². The SMILES string of the molecule is CCCCCCCCCCCCC1=CC(OC(=O)CCCCCCCCC)c2cccc3cccc1c23. The highest BCUT2D eigenvalue weighted by Gasteiger charge is 2.24. The van der Waals surface area contributed by atoms with Crippen LogP contribution in [0.25, 0.3) is 16.3 Å². The maximum atomic E-state index is 12.8. The summed E-state index contributed by atoms with van der Waals surface area (Å²) in [5, 5.41) is 2.53. The fourth-order valence-electron chi connectivity index (χ4n) is 5.78. The van der Waals surface area contributed by atoms with Gasteiger partial charge in [-0.05, 0) is 47.2 Å². The molecule has 1 atom stereocenters. The molecule has 0 fully saturated rings. The second kappa shape index (κ2) is 17.4. The van der Waals surface area contributed by atoms with E-state index in [1.165, 1.54) is 118 Å². The molecule has 0 bridgehead atoms. The number of carbonyl (C=O) groups excluding carboxylic acids is 1. The minimum Gasteiger partial charge on any atom is -0.453 e. The van der Waals surface area contributed by atoms with E-state index >= 15 is 0 Å². The van der Waals surface area contributed by atoms with Gasteiger partial charge in [-0.2, -0.15) is 0 Å². The molecule has 2 heteroatoms. The summed E-state index contributed by atoms with van der Waals surface area (Å²) in [6, 6.07) is 13.0. The quantitative estimate of drug-likeness (QED) is 0.132. The molecule has 0 saturated heterocycles. The Kier molecular flexibility index (Phi) is 13.9. The van der Waals surface area contributed by atoms with E-state index in [4.69, 9.17) is 4.74 Å². The van der Waals surface area contributed by atoms with Gasteiger partial charge >= 0.3 is 5.97 Å². The number of ether oxygens (including phenoxy) is 1. The zero-order valence-electron chi connectivity index (χ0n) is 23.9. The summed E-state index contributed by atoms with van der Waals surface area (Å²) in [6.45, 7) is 4.53.